The van der Waals surface area contributed by atoms with Crippen LogP contribution in [0.2, 0.25) is 0 Å². The summed E-state index contributed by atoms with van der Waals surface area (Å²) < 4.78 is 6.41. The Bertz CT molecular complexity index is 333. The molecule has 0 aliphatic carbocycles. The maximum atomic E-state index is 9.19. The van der Waals surface area contributed by atoms with Gasteiger partial charge in [0.1, 0.15) is 18.5 Å². The number of halogens is 1. The molecular weight excluding hydrogens is 274 g/mol. The smallest absolute Gasteiger partial charge is 0.124 e. The molecule has 0 fully saturated rings. The number of hydrogen-bond donors (Lipinski definition) is 3. The fourth-order valence-corrected chi connectivity index (χ4v) is 1.66. The maximum Gasteiger partial charge on any atom is 0.124 e. The third-order valence-electron chi connectivity index (χ3n) is 2.03. The second kappa shape index (κ2) is 6.85. The first kappa shape index (κ1) is 13.4. The van der Waals surface area contributed by atoms with E-state index in [1.807, 2.05) is 25.2 Å². The van der Waals surface area contributed by atoms with Gasteiger partial charge < -0.3 is 20.3 Å². The monoisotopic (exact) mass is 289 g/mol. The number of aliphatic hydroxyl groups is 2. The fourth-order valence-electron chi connectivity index (χ4n) is 1.26. The van der Waals surface area contributed by atoms with Crippen LogP contribution in [0, 0.1) is 0 Å². The molecule has 1 rings (SSSR count). The summed E-state index contributed by atoms with van der Waals surface area (Å²) in [5, 5.41) is 20.9. The SMILES string of the molecule is CNCc1cc(Br)ccc1OCC(O)CO. The lowest BCUT2D eigenvalue weighted by Crippen LogP contribution is -2.22. The number of nitrogens with one attached hydrogen (secondary N) is 1. The third-order valence-corrected chi connectivity index (χ3v) is 2.52. The highest BCUT2D eigenvalue weighted by Crippen LogP contribution is 2.23. The summed E-state index contributed by atoms with van der Waals surface area (Å²) in [6.07, 6.45) is -0.842. The average molecular weight is 290 g/mol. The maximum absolute atomic E-state index is 9.19. The normalized spacial score (nSPS) is 12.5. The molecule has 1 unspecified atom stereocenters. The zero-order valence-electron chi connectivity index (χ0n) is 9.11. The van der Waals surface area contributed by atoms with Crippen molar-refractivity contribution >= 4 is 15.9 Å². The first-order valence-corrected chi connectivity index (χ1v) is 5.81. The quantitative estimate of drug-likeness (QED) is 0.728. The fraction of sp³-hybridized carbons (Fsp3) is 0.455. The van der Waals surface area contributed by atoms with Crippen molar-refractivity contribution in [1.82, 2.24) is 5.32 Å². The molecule has 4 nitrogen and oxygen atoms in total. The standard InChI is InChI=1S/C11H16BrNO3/c1-13-5-8-4-9(12)2-3-11(8)16-7-10(15)6-14/h2-4,10,13-15H,5-7H2,1H3. The van der Waals surface area contributed by atoms with Crippen LogP contribution in [0.1, 0.15) is 5.56 Å². The van der Waals surface area contributed by atoms with Crippen molar-refractivity contribution in [2.24, 2.45) is 0 Å². The summed E-state index contributed by atoms with van der Waals surface area (Å²) in [5.74, 6) is 0.713. The molecule has 3 N–H and O–H groups in total. The van der Waals surface area contributed by atoms with Gasteiger partial charge in [-0.15, -0.1) is 0 Å². The van der Waals surface area contributed by atoms with Crippen LogP contribution < -0.4 is 10.1 Å². The molecule has 0 saturated heterocycles. The summed E-state index contributed by atoms with van der Waals surface area (Å²) in [6, 6.07) is 5.66. The number of rotatable bonds is 6. The van der Waals surface area contributed by atoms with Gasteiger partial charge >= 0.3 is 0 Å². The van der Waals surface area contributed by atoms with E-state index < -0.39 is 6.10 Å². The van der Waals surface area contributed by atoms with E-state index in [-0.39, 0.29) is 13.2 Å². The highest BCUT2D eigenvalue weighted by Gasteiger charge is 2.07. The van der Waals surface area contributed by atoms with Crippen LogP contribution >= 0.6 is 15.9 Å². The Labute approximate surface area is 103 Å². The Hall–Kier alpha value is -0.620. The van der Waals surface area contributed by atoms with Crippen LogP contribution in [-0.4, -0.2) is 36.6 Å². The second-order valence-electron chi connectivity index (χ2n) is 3.43. The Kier molecular flexibility index (Phi) is 5.76. The first-order valence-electron chi connectivity index (χ1n) is 5.02. The van der Waals surface area contributed by atoms with Crippen LogP contribution in [0.3, 0.4) is 0 Å². The minimum Gasteiger partial charge on any atom is -0.490 e. The molecule has 0 heterocycles. The molecule has 0 amide bonds. The summed E-state index contributed by atoms with van der Waals surface area (Å²) in [4.78, 5) is 0. The van der Waals surface area contributed by atoms with Crippen molar-refractivity contribution in [1.29, 1.82) is 0 Å². The van der Waals surface area contributed by atoms with E-state index in [2.05, 4.69) is 21.2 Å². The van der Waals surface area contributed by atoms with Crippen molar-refractivity contribution in [2.45, 2.75) is 12.6 Å². The molecule has 0 spiro atoms. The van der Waals surface area contributed by atoms with E-state index in [0.29, 0.717) is 12.3 Å². The zero-order chi connectivity index (χ0) is 12.0. The largest absolute Gasteiger partial charge is 0.490 e. The molecule has 16 heavy (non-hydrogen) atoms. The number of hydrogen-bond acceptors (Lipinski definition) is 4. The van der Waals surface area contributed by atoms with E-state index in [1.54, 1.807) is 0 Å². The molecule has 90 valence electrons. The van der Waals surface area contributed by atoms with E-state index in [9.17, 15) is 5.11 Å². The van der Waals surface area contributed by atoms with E-state index >= 15 is 0 Å². The molecule has 0 aromatic heterocycles. The Balaban J connectivity index is 2.70. The van der Waals surface area contributed by atoms with Crippen LogP contribution in [0.25, 0.3) is 0 Å². The molecular formula is C11H16BrNO3. The minimum absolute atomic E-state index is 0.0921. The predicted octanol–water partition coefficient (Wildman–Crippen LogP) is 0.900. The van der Waals surface area contributed by atoms with Crippen molar-refractivity contribution in [3.05, 3.63) is 28.2 Å². The highest BCUT2D eigenvalue weighted by molar-refractivity contribution is 9.10. The van der Waals surface area contributed by atoms with Gasteiger partial charge in [-0.2, -0.15) is 0 Å². The Morgan fingerprint density at radius 1 is 1.50 bits per heavy atom. The van der Waals surface area contributed by atoms with Crippen molar-refractivity contribution in [2.75, 3.05) is 20.3 Å². The van der Waals surface area contributed by atoms with Gasteiger partial charge in [0.05, 0.1) is 6.61 Å². The van der Waals surface area contributed by atoms with Crippen LogP contribution in [0.4, 0.5) is 0 Å². The van der Waals surface area contributed by atoms with E-state index in [4.69, 9.17) is 9.84 Å². The first-order chi connectivity index (χ1) is 7.67. The number of benzene rings is 1. The second-order valence-corrected chi connectivity index (χ2v) is 4.35. The predicted molar refractivity (Wildman–Crippen MR) is 65.5 cm³/mol. The third kappa shape index (κ3) is 4.09. The summed E-state index contributed by atoms with van der Waals surface area (Å²) >= 11 is 3.39. The van der Waals surface area contributed by atoms with Crippen LogP contribution in [0.15, 0.2) is 22.7 Å². The van der Waals surface area contributed by atoms with Gasteiger partial charge in [-0.1, -0.05) is 15.9 Å². The molecule has 1 atom stereocenters. The molecule has 0 bridgehead atoms. The number of ether oxygens (including phenoxy) is 1. The van der Waals surface area contributed by atoms with Gasteiger partial charge in [-0.3, -0.25) is 0 Å². The van der Waals surface area contributed by atoms with Gasteiger partial charge in [0, 0.05) is 16.6 Å². The van der Waals surface area contributed by atoms with Gasteiger partial charge in [0.25, 0.3) is 0 Å². The van der Waals surface area contributed by atoms with Crippen molar-refractivity contribution in [3.63, 3.8) is 0 Å². The Morgan fingerprint density at radius 3 is 2.88 bits per heavy atom. The van der Waals surface area contributed by atoms with Gasteiger partial charge in [-0.05, 0) is 25.2 Å². The lowest BCUT2D eigenvalue weighted by molar-refractivity contribution is 0.0533. The van der Waals surface area contributed by atoms with Crippen molar-refractivity contribution in [3.8, 4) is 5.75 Å². The number of aliphatic hydroxyl groups excluding tert-OH is 2. The van der Waals surface area contributed by atoms with E-state index in [1.165, 1.54) is 0 Å². The molecule has 5 heteroatoms. The molecule has 0 radical (unpaired) electrons. The molecule has 0 saturated carbocycles. The van der Waals surface area contributed by atoms with Gasteiger partial charge in [0.2, 0.25) is 0 Å². The van der Waals surface area contributed by atoms with Gasteiger partial charge in [0.15, 0.2) is 0 Å². The Morgan fingerprint density at radius 2 is 2.25 bits per heavy atom. The molecule has 0 aliphatic rings. The van der Waals surface area contributed by atoms with Crippen LogP contribution in [0.5, 0.6) is 5.75 Å². The lowest BCUT2D eigenvalue weighted by atomic mass is 10.2. The lowest BCUT2D eigenvalue weighted by Gasteiger charge is -2.13. The topological polar surface area (TPSA) is 61.7 Å². The summed E-state index contributed by atoms with van der Waals surface area (Å²) in [6.45, 7) is 0.483. The average Bonchev–Trinajstić information content (AvgIpc) is 2.28. The van der Waals surface area contributed by atoms with Gasteiger partial charge in [-0.25, -0.2) is 0 Å². The van der Waals surface area contributed by atoms with Crippen molar-refractivity contribution < 1.29 is 14.9 Å². The minimum atomic E-state index is -0.842. The molecule has 1 aromatic carbocycles. The summed E-state index contributed by atoms with van der Waals surface area (Å²) in [7, 11) is 1.85. The van der Waals surface area contributed by atoms with Crippen LogP contribution in [-0.2, 0) is 6.54 Å². The highest BCUT2D eigenvalue weighted by atomic mass is 79.9. The summed E-state index contributed by atoms with van der Waals surface area (Å²) in [5.41, 5.74) is 1.00. The molecule has 0 aliphatic heterocycles. The zero-order valence-corrected chi connectivity index (χ0v) is 10.7. The molecule has 1 aromatic rings. The van der Waals surface area contributed by atoms with E-state index in [0.717, 1.165) is 10.0 Å².